The highest BCUT2D eigenvalue weighted by Gasteiger charge is 2.07. The molecule has 106 valence electrons. The number of hydrogen-bond donors (Lipinski definition) is 0. The third kappa shape index (κ3) is 2.72. The first-order valence-electron chi connectivity index (χ1n) is 7.17. The van der Waals surface area contributed by atoms with E-state index in [-0.39, 0.29) is 5.56 Å². The van der Waals surface area contributed by atoms with Gasteiger partial charge in [-0.2, -0.15) is 0 Å². The fourth-order valence-electron chi connectivity index (χ4n) is 2.69. The molecule has 2 aromatic heterocycles. The third-order valence-electron chi connectivity index (χ3n) is 3.75. The van der Waals surface area contributed by atoms with Crippen LogP contribution >= 0.6 is 0 Å². The van der Waals surface area contributed by atoms with Gasteiger partial charge in [0.1, 0.15) is 5.65 Å². The molecule has 0 N–H and O–H groups in total. The van der Waals surface area contributed by atoms with Crippen LogP contribution in [-0.4, -0.2) is 9.55 Å². The van der Waals surface area contributed by atoms with Crippen LogP contribution in [0.25, 0.3) is 11.0 Å². The van der Waals surface area contributed by atoms with E-state index in [0.29, 0.717) is 6.54 Å². The first-order chi connectivity index (χ1) is 10.1. The third-order valence-corrected chi connectivity index (χ3v) is 3.75. The largest absolute Gasteiger partial charge is 0.292 e. The molecule has 0 aliphatic rings. The summed E-state index contributed by atoms with van der Waals surface area (Å²) in [6.45, 7) is 4.67. The van der Waals surface area contributed by atoms with Gasteiger partial charge in [0.25, 0.3) is 5.56 Å². The van der Waals surface area contributed by atoms with Crippen LogP contribution in [0.5, 0.6) is 0 Å². The van der Waals surface area contributed by atoms with Crippen LogP contribution < -0.4 is 5.56 Å². The van der Waals surface area contributed by atoms with Crippen molar-refractivity contribution < 1.29 is 0 Å². The van der Waals surface area contributed by atoms with Gasteiger partial charge in [-0.15, -0.1) is 0 Å². The molecule has 21 heavy (non-hydrogen) atoms. The number of nitrogens with zero attached hydrogens (tertiary/aromatic N) is 2. The van der Waals surface area contributed by atoms with Crippen molar-refractivity contribution >= 4 is 11.0 Å². The van der Waals surface area contributed by atoms with Crippen molar-refractivity contribution in [2.45, 2.75) is 26.8 Å². The predicted octanol–water partition coefficient (Wildman–Crippen LogP) is 3.26. The van der Waals surface area contributed by atoms with Crippen LogP contribution in [0.1, 0.15) is 16.8 Å². The minimum absolute atomic E-state index is 0.0101. The summed E-state index contributed by atoms with van der Waals surface area (Å²) in [5.74, 6) is 0. The van der Waals surface area contributed by atoms with Gasteiger partial charge >= 0.3 is 0 Å². The minimum Gasteiger partial charge on any atom is -0.292 e. The molecule has 0 unspecified atom stereocenters. The highest BCUT2D eigenvalue weighted by molar-refractivity contribution is 5.79. The van der Waals surface area contributed by atoms with E-state index in [2.05, 4.69) is 24.0 Å². The molecule has 3 nitrogen and oxygen atoms in total. The number of rotatable bonds is 3. The monoisotopic (exact) mass is 278 g/mol. The molecular formula is C18H18N2O. The van der Waals surface area contributed by atoms with E-state index in [9.17, 15) is 4.79 Å². The van der Waals surface area contributed by atoms with Gasteiger partial charge in [0.15, 0.2) is 0 Å². The molecule has 2 heterocycles. The Morgan fingerprint density at radius 2 is 1.81 bits per heavy atom. The van der Waals surface area contributed by atoms with Gasteiger partial charge < -0.3 is 0 Å². The molecule has 0 atom stereocenters. The summed E-state index contributed by atoms with van der Waals surface area (Å²) in [6, 6.07) is 15.8. The van der Waals surface area contributed by atoms with Gasteiger partial charge in [0, 0.05) is 23.7 Å². The Bertz CT molecular complexity index is 835. The number of pyridine rings is 2. The molecule has 0 saturated carbocycles. The van der Waals surface area contributed by atoms with Gasteiger partial charge in [-0.05, 0) is 43.5 Å². The van der Waals surface area contributed by atoms with Crippen LogP contribution in [0.3, 0.4) is 0 Å². The summed E-state index contributed by atoms with van der Waals surface area (Å²) in [5, 5.41) is 1.05. The predicted molar refractivity (Wildman–Crippen MR) is 85.6 cm³/mol. The van der Waals surface area contributed by atoms with E-state index in [1.54, 1.807) is 10.6 Å². The van der Waals surface area contributed by atoms with Crippen molar-refractivity contribution in [1.82, 2.24) is 9.55 Å². The Morgan fingerprint density at radius 1 is 1.05 bits per heavy atom. The summed E-state index contributed by atoms with van der Waals surface area (Å²) in [7, 11) is 0. The van der Waals surface area contributed by atoms with Crippen LogP contribution in [0, 0.1) is 13.8 Å². The highest BCUT2D eigenvalue weighted by atomic mass is 16.1. The SMILES string of the molecule is Cc1cc(C)c2ccc(=O)n(CCc3ccccc3)c2n1. The van der Waals surface area contributed by atoms with E-state index < -0.39 is 0 Å². The Labute approximate surface area is 123 Å². The second-order valence-corrected chi connectivity index (χ2v) is 5.38. The maximum Gasteiger partial charge on any atom is 0.252 e. The lowest BCUT2D eigenvalue weighted by atomic mass is 10.1. The zero-order valence-corrected chi connectivity index (χ0v) is 12.3. The topological polar surface area (TPSA) is 34.9 Å². The molecule has 3 rings (SSSR count). The van der Waals surface area contributed by atoms with Gasteiger partial charge in [-0.3, -0.25) is 9.36 Å². The first-order valence-corrected chi connectivity index (χ1v) is 7.17. The maximum absolute atomic E-state index is 12.2. The average molecular weight is 278 g/mol. The van der Waals surface area contributed by atoms with Crippen LogP contribution in [0.15, 0.2) is 53.3 Å². The Morgan fingerprint density at radius 3 is 2.57 bits per heavy atom. The van der Waals surface area contributed by atoms with Gasteiger partial charge in [0.2, 0.25) is 0 Å². The fourth-order valence-corrected chi connectivity index (χ4v) is 2.69. The Balaban J connectivity index is 2.05. The first kappa shape index (κ1) is 13.6. The summed E-state index contributed by atoms with van der Waals surface area (Å²) in [5.41, 5.74) is 4.13. The average Bonchev–Trinajstić information content (AvgIpc) is 2.47. The zero-order chi connectivity index (χ0) is 14.8. The van der Waals surface area contributed by atoms with Crippen LogP contribution in [-0.2, 0) is 13.0 Å². The molecule has 0 radical (unpaired) electrons. The molecule has 0 spiro atoms. The normalized spacial score (nSPS) is 11.0. The smallest absolute Gasteiger partial charge is 0.252 e. The Hall–Kier alpha value is -2.42. The lowest BCUT2D eigenvalue weighted by Crippen LogP contribution is -2.21. The van der Waals surface area contributed by atoms with Crippen molar-refractivity contribution in [2.75, 3.05) is 0 Å². The van der Waals surface area contributed by atoms with Gasteiger partial charge in [-0.25, -0.2) is 4.98 Å². The molecule has 0 saturated heterocycles. The second kappa shape index (κ2) is 5.52. The lowest BCUT2D eigenvalue weighted by Gasteiger charge is -2.11. The highest BCUT2D eigenvalue weighted by Crippen LogP contribution is 2.16. The van der Waals surface area contributed by atoms with E-state index in [0.717, 1.165) is 28.7 Å². The summed E-state index contributed by atoms with van der Waals surface area (Å²) in [4.78, 5) is 16.8. The van der Waals surface area contributed by atoms with Crippen LogP contribution in [0.2, 0.25) is 0 Å². The fraction of sp³-hybridized carbons (Fsp3) is 0.222. The lowest BCUT2D eigenvalue weighted by molar-refractivity contribution is 0.687. The summed E-state index contributed by atoms with van der Waals surface area (Å²) < 4.78 is 1.78. The van der Waals surface area contributed by atoms with Crippen molar-refractivity contribution in [2.24, 2.45) is 0 Å². The van der Waals surface area contributed by atoms with Crippen molar-refractivity contribution in [3.8, 4) is 0 Å². The number of hydrogen-bond acceptors (Lipinski definition) is 2. The number of aryl methyl sites for hydroxylation is 4. The molecule has 3 aromatic rings. The van der Waals surface area contributed by atoms with Gasteiger partial charge in [0.05, 0.1) is 0 Å². The summed E-state index contributed by atoms with van der Waals surface area (Å²) in [6.07, 6.45) is 0.828. The molecule has 1 aromatic carbocycles. The van der Waals surface area contributed by atoms with E-state index in [1.807, 2.05) is 37.3 Å². The zero-order valence-electron chi connectivity index (χ0n) is 12.3. The quantitative estimate of drug-likeness (QED) is 0.737. The van der Waals surface area contributed by atoms with E-state index in [4.69, 9.17) is 0 Å². The molecule has 0 aliphatic carbocycles. The number of aromatic nitrogens is 2. The number of fused-ring (bicyclic) bond motifs is 1. The molecule has 0 amide bonds. The van der Waals surface area contributed by atoms with Crippen molar-refractivity contribution in [3.63, 3.8) is 0 Å². The minimum atomic E-state index is 0.0101. The molecule has 0 aliphatic heterocycles. The molecule has 0 fully saturated rings. The second-order valence-electron chi connectivity index (χ2n) is 5.38. The standard InChI is InChI=1S/C18H18N2O/c1-13-12-14(2)19-18-16(13)8-9-17(21)20(18)11-10-15-6-4-3-5-7-15/h3-9,12H,10-11H2,1-2H3. The van der Waals surface area contributed by atoms with Crippen molar-refractivity contribution in [3.05, 3.63) is 75.7 Å². The van der Waals surface area contributed by atoms with Gasteiger partial charge in [-0.1, -0.05) is 30.3 Å². The van der Waals surface area contributed by atoms with Crippen molar-refractivity contribution in [1.29, 1.82) is 0 Å². The van der Waals surface area contributed by atoms with E-state index in [1.165, 1.54) is 5.56 Å². The number of benzene rings is 1. The van der Waals surface area contributed by atoms with Crippen LogP contribution in [0.4, 0.5) is 0 Å². The van der Waals surface area contributed by atoms with E-state index >= 15 is 0 Å². The summed E-state index contributed by atoms with van der Waals surface area (Å²) >= 11 is 0. The molecular weight excluding hydrogens is 260 g/mol. The maximum atomic E-state index is 12.2. The molecule has 0 bridgehead atoms. The Kier molecular flexibility index (Phi) is 3.57. The molecule has 3 heteroatoms.